The molecule has 0 aromatic heterocycles. The fourth-order valence-electron chi connectivity index (χ4n) is 1.53. The third kappa shape index (κ3) is 6.20. The predicted octanol–water partition coefficient (Wildman–Crippen LogP) is 3.51. The SMILES string of the molecule is CC(C)(C)CCNCC(O)c1cccc(Br)c1. The maximum atomic E-state index is 9.99. The second-order valence-corrected chi connectivity index (χ2v) is 6.50. The first-order valence-corrected chi connectivity index (χ1v) is 6.82. The topological polar surface area (TPSA) is 32.3 Å². The Kier molecular flexibility index (Phi) is 5.63. The summed E-state index contributed by atoms with van der Waals surface area (Å²) in [6, 6.07) is 7.80. The quantitative estimate of drug-likeness (QED) is 0.816. The lowest BCUT2D eigenvalue weighted by atomic mass is 9.92. The third-order valence-electron chi connectivity index (χ3n) is 2.62. The molecule has 0 radical (unpaired) electrons. The molecule has 1 aromatic carbocycles. The van der Waals surface area contributed by atoms with Gasteiger partial charge in [0.25, 0.3) is 0 Å². The van der Waals surface area contributed by atoms with Gasteiger partial charge in [-0.05, 0) is 36.1 Å². The summed E-state index contributed by atoms with van der Waals surface area (Å²) in [5.74, 6) is 0. The third-order valence-corrected chi connectivity index (χ3v) is 3.12. The van der Waals surface area contributed by atoms with Crippen LogP contribution in [0.2, 0.25) is 0 Å². The Morgan fingerprint density at radius 2 is 2.06 bits per heavy atom. The summed E-state index contributed by atoms with van der Waals surface area (Å²) in [6.45, 7) is 8.21. The lowest BCUT2D eigenvalue weighted by Gasteiger charge is -2.19. The monoisotopic (exact) mass is 299 g/mol. The van der Waals surface area contributed by atoms with Gasteiger partial charge in [-0.3, -0.25) is 0 Å². The maximum Gasteiger partial charge on any atom is 0.0914 e. The van der Waals surface area contributed by atoms with Gasteiger partial charge in [0.1, 0.15) is 0 Å². The molecular formula is C14H22BrNO. The van der Waals surface area contributed by atoms with Crippen LogP contribution in [-0.2, 0) is 0 Å². The average molecular weight is 300 g/mol. The molecule has 3 heteroatoms. The minimum Gasteiger partial charge on any atom is -0.387 e. The van der Waals surface area contributed by atoms with Gasteiger partial charge in [0, 0.05) is 11.0 Å². The van der Waals surface area contributed by atoms with Crippen molar-refractivity contribution in [3.8, 4) is 0 Å². The fourth-order valence-corrected chi connectivity index (χ4v) is 1.95. The molecule has 0 amide bonds. The summed E-state index contributed by atoms with van der Waals surface area (Å²) in [6.07, 6.45) is 0.672. The normalized spacial score (nSPS) is 13.7. The number of aliphatic hydroxyl groups is 1. The standard InChI is InChI=1S/C14H22BrNO/c1-14(2,3)7-8-16-10-13(17)11-5-4-6-12(15)9-11/h4-6,9,13,16-17H,7-8,10H2,1-3H3. The van der Waals surface area contributed by atoms with E-state index in [2.05, 4.69) is 42.0 Å². The highest BCUT2D eigenvalue weighted by Gasteiger charge is 2.11. The number of hydrogen-bond acceptors (Lipinski definition) is 2. The zero-order valence-corrected chi connectivity index (χ0v) is 12.4. The van der Waals surface area contributed by atoms with E-state index in [0.29, 0.717) is 12.0 Å². The molecule has 0 aliphatic heterocycles. The van der Waals surface area contributed by atoms with Crippen LogP contribution in [0, 0.1) is 5.41 Å². The molecule has 17 heavy (non-hydrogen) atoms. The van der Waals surface area contributed by atoms with E-state index >= 15 is 0 Å². The Morgan fingerprint density at radius 1 is 1.35 bits per heavy atom. The van der Waals surface area contributed by atoms with Crippen LogP contribution >= 0.6 is 15.9 Å². The van der Waals surface area contributed by atoms with Crippen molar-refractivity contribution in [3.63, 3.8) is 0 Å². The van der Waals surface area contributed by atoms with Crippen molar-refractivity contribution in [3.05, 3.63) is 34.3 Å². The Labute approximate surface area is 113 Å². The second-order valence-electron chi connectivity index (χ2n) is 5.59. The van der Waals surface area contributed by atoms with Crippen LogP contribution in [0.1, 0.15) is 38.9 Å². The van der Waals surface area contributed by atoms with Crippen molar-refractivity contribution in [1.82, 2.24) is 5.32 Å². The molecule has 0 heterocycles. The molecule has 2 nitrogen and oxygen atoms in total. The number of halogens is 1. The van der Waals surface area contributed by atoms with E-state index in [1.807, 2.05) is 24.3 Å². The first-order chi connectivity index (χ1) is 7.88. The summed E-state index contributed by atoms with van der Waals surface area (Å²) in [5, 5.41) is 13.3. The van der Waals surface area contributed by atoms with E-state index in [4.69, 9.17) is 0 Å². The van der Waals surface area contributed by atoms with Gasteiger partial charge in [0.15, 0.2) is 0 Å². The molecule has 1 rings (SSSR count). The molecule has 0 fully saturated rings. The van der Waals surface area contributed by atoms with Crippen molar-refractivity contribution in [2.75, 3.05) is 13.1 Å². The Morgan fingerprint density at radius 3 is 2.65 bits per heavy atom. The number of aliphatic hydroxyl groups excluding tert-OH is 1. The molecule has 0 saturated carbocycles. The molecule has 1 atom stereocenters. The highest BCUT2D eigenvalue weighted by atomic mass is 79.9. The zero-order chi connectivity index (χ0) is 12.9. The van der Waals surface area contributed by atoms with Gasteiger partial charge in [-0.2, -0.15) is 0 Å². The van der Waals surface area contributed by atoms with E-state index < -0.39 is 6.10 Å². The van der Waals surface area contributed by atoms with Crippen LogP contribution in [0.4, 0.5) is 0 Å². The molecule has 96 valence electrons. The highest BCUT2D eigenvalue weighted by Crippen LogP contribution is 2.19. The fraction of sp³-hybridized carbons (Fsp3) is 0.571. The number of hydrogen-bond donors (Lipinski definition) is 2. The summed E-state index contributed by atoms with van der Waals surface area (Å²) < 4.78 is 1.00. The first kappa shape index (κ1) is 14.7. The van der Waals surface area contributed by atoms with Crippen LogP contribution in [-0.4, -0.2) is 18.2 Å². The van der Waals surface area contributed by atoms with Gasteiger partial charge in [0.2, 0.25) is 0 Å². The van der Waals surface area contributed by atoms with Crippen molar-refractivity contribution in [2.45, 2.75) is 33.3 Å². The van der Waals surface area contributed by atoms with Crippen molar-refractivity contribution in [1.29, 1.82) is 0 Å². The molecule has 1 unspecified atom stereocenters. The lowest BCUT2D eigenvalue weighted by Crippen LogP contribution is -2.25. The maximum absolute atomic E-state index is 9.99. The zero-order valence-electron chi connectivity index (χ0n) is 10.8. The smallest absolute Gasteiger partial charge is 0.0914 e. The second kappa shape index (κ2) is 6.53. The summed E-state index contributed by atoms with van der Waals surface area (Å²) in [7, 11) is 0. The van der Waals surface area contributed by atoms with Gasteiger partial charge in [-0.1, -0.05) is 48.8 Å². The van der Waals surface area contributed by atoms with Gasteiger partial charge in [0.05, 0.1) is 6.10 Å². The summed E-state index contributed by atoms with van der Waals surface area (Å²) in [4.78, 5) is 0. The van der Waals surface area contributed by atoms with Gasteiger partial charge in [-0.25, -0.2) is 0 Å². The van der Waals surface area contributed by atoms with E-state index in [1.165, 1.54) is 0 Å². The Hall–Kier alpha value is -0.380. The summed E-state index contributed by atoms with van der Waals surface area (Å²) >= 11 is 3.41. The predicted molar refractivity (Wildman–Crippen MR) is 76.0 cm³/mol. The van der Waals surface area contributed by atoms with Crippen LogP contribution in [0.15, 0.2) is 28.7 Å². The molecule has 0 spiro atoms. The van der Waals surface area contributed by atoms with Crippen LogP contribution < -0.4 is 5.32 Å². The first-order valence-electron chi connectivity index (χ1n) is 6.03. The highest BCUT2D eigenvalue weighted by molar-refractivity contribution is 9.10. The van der Waals surface area contributed by atoms with Crippen LogP contribution in [0.3, 0.4) is 0 Å². The van der Waals surface area contributed by atoms with Crippen LogP contribution in [0.25, 0.3) is 0 Å². The molecule has 0 bridgehead atoms. The Balaban J connectivity index is 2.33. The molecule has 2 N–H and O–H groups in total. The average Bonchev–Trinajstić information content (AvgIpc) is 2.23. The molecule has 0 aliphatic rings. The largest absolute Gasteiger partial charge is 0.387 e. The molecule has 0 aliphatic carbocycles. The number of benzene rings is 1. The van der Waals surface area contributed by atoms with Gasteiger partial charge < -0.3 is 10.4 Å². The van der Waals surface area contributed by atoms with Crippen molar-refractivity contribution < 1.29 is 5.11 Å². The summed E-state index contributed by atoms with van der Waals surface area (Å²) in [5.41, 5.74) is 1.29. The molecular weight excluding hydrogens is 278 g/mol. The van der Waals surface area contributed by atoms with E-state index in [9.17, 15) is 5.11 Å². The van der Waals surface area contributed by atoms with E-state index in [1.54, 1.807) is 0 Å². The minimum absolute atomic E-state index is 0.341. The van der Waals surface area contributed by atoms with Crippen LogP contribution in [0.5, 0.6) is 0 Å². The number of nitrogens with one attached hydrogen (secondary N) is 1. The van der Waals surface area contributed by atoms with Gasteiger partial charge >= 0.3 is 0 Å². The van der Waals surface area contributed by atoms with E-state index in [0.717, 1.165) is 23.0 Å². The van der Waals surface area contributed by atoms with Gasteiger partial charge in [-0.15, -0.1) is 0 Å². The lowest BCUT2D eigenvalue weighted by molar-refractivity contribution is 0.173. The van der Waals surface area contributed by atoms with E-state index in [-0.39, 0.29) is 0 Å². The van der Waals surface area contributed by atoms with Crippen molar-refractivity contribution >= 4 is 15.9 Å². The van der Waals surface area contributed by atoms with Crippen molar-refractivity contribution in [2.24, 2.45) is 5.41 Å². The molecule has 1 aromatic rings. The minimum atomic E-state index is -0.438. The number of rotatable bonds is 5. The molecule has 0 saturated heterocycles. The Bertz CT molecular complexity index is 346.